The first kappa shape index (κ1) is 12.6. The van der Waals surface area contributed by atoms with Crippen molar-refractivity contribution in [2.45, 2.75) is 26.9 Å². The highest BCUT2D eigenvalue weighted by atomic mass is 16.3. The summed E-state index contributed by atoms with van der Waals surface area (Å²) in [5.74, 6) is 0.383. The highest BCUT2D eigenvalue weighted by molar-refractivity contribution is 5.42. The van der Waals surface area contributed by atoms with Crippen molar-refractivity contribution in [1.29, 1.82) is 0 Å². The van der Waals surface area contributed by atoms with Crippen LogP contribution < -0.4 is 5.32 Å². The molecule has 3 heteroatoms. The number of rotatable bonds is 4. The van der Waals surface area contributed by atoms with E-state index < -0.39 is 0 Å². The zero-order valence-corrected chi connectivity index (χ0v) is 10.8. The number of phenols is 1. The summed E-state index contributed by atoms with van der Waals surface area (Å²) in [6.45, 7) is 5.30. The van der Waals surface area contributed by atoms with Gasteiger partial charge in [-0.15, -0.1) is 0 Å². The third-order valence-corrected chi connectivity index (χ3v) is 2.87. The summed E-state index contributed by atoms with van der Waals surface area (Å²) >= 11 is 0. The number of hydrogen-bond acceptors (Lipinski definition) is 3. The number of aryl methyl sites for hydroxylation is 2. The first-order chi connectivity index (χ1) is 8.66. The molecule has 0 saturated heterocycles. The highest BCUT2D eigenvalue weighted by Crippen LogP contribution is 2.23. The molecule has 0 spiro atoms. The Morgan fingerprint density at radius 3 is 2.72 bits per heavy atom. The number of benzene rings is 1. The molecule has 1 aromatic heterocycles. The second-order valence-electron chi connectivity index (χ2n) is 4.51. The molecule has 0 radical (unpaired) electrons. The highest BCUT2D eigenvalue weighted by Gasteiger charge is 2.05. The van der Waals surface area contributed by atoms with Crippen molar-refractivity contribution < 1.29 is 5.11 Å². The quantitative estimate of drug-likeness (QED) is 0.866. The van der Waals surface area contributed by atoms with Crippen LogP contribution in [0.1, 0.15) is 22.4 Å². The summed E-state index contributed by atoms with van der Waals surface area (Å²) in [4.78, 5) is 4.24. The molecule has 2 aromatic rings. The van der Waals surface area contributed by atoms with Crippen LogP contribution in [0.5, 0.6) is 5.75 Å². The number of phenolic OH excluding ortho intramolecular Hbond substituents is 1. The minimum Gasteiger partial charge on any atom is -0.507 e. The van der Waals surface area contributed by atoms with Gasteiger partial charge in [-0.3, -0.25) is 4.98 Å². The van der Waals surface area contributed by atoms with E-state index in [0.717, 1.165) is 16.8 Å². The molecular weight excluding hydrogens is 224 g/mol. The molecule has 0 fully saturated rings. The van der Waals surface area contributed by atoms with Gasteiger partial charge in [0.25, 0.3) is 0 Å². The van der Waals surface area contributed by atoms with Crippen LogP contribution in [-0.2, 0) is 13.1 Å². The standard InChI is InChI=1S/C15H18N2O/c1-11-7-12(2)15(18)13(8-11)9-16-10-14-5-3-4-6-17-14/h3-8,16,18H,9-10H2,1-2H3. The van der Waals surface area contributed by atoms with Gasteiger partial charge in [-0.05, 0) is 31.5 Å². The van der Waals surface area contributed by atoms with Crippen LogP contribution in [0.25, 0.3) is 0 Å². The number of nitrogens with zero attached hydrogens (tertiary/aromatic N) is 1. The van der Waals surface area contributed by atoms with Crippen LogP contribution in [-0.4, -0.2) is 10.1 Å². The Morgan fingerprint density at radius 2 is 2.00 bits per heavy atom. The third kappa shape index (κ3) is 3.08. The van der Waals surface area contributed by atoms with Crippen LogP contribution in [0, 0.1) is 13.8 Å². The van der Waals surface area contributed by atoms with Gasteiger partial charge in [-0.2, -0.15) is 0 Å². The van der Waals surface area contributed by atoms with E-state index in [1.807, 2.05) is 44.2 Å². The van der Waals surface area contributed by atoms with Gasteiger partial charge in [0.15, 0.2) is 0 Å². The minimum absolute atomic E-state index is 0.383. The molecule has 2 N–H and O–H groups in total. The maximum Gasteiger partial charge on any atom is 0.122 e. The largest absolute Gasteiger partial charge is 0.507 e. The first-order valence-electron chi connectivity index (χ1n) is 6.06. The lowest BCUT2D eigenvalue weighted by Gasteiger charge is -2.10. The summed E-state index contributed by atoms with van der Waals surface area (Å²) in [7, 11) is 0. The van der Waals surface area contributed by atoms with E-state index in [1.54, 1.807) is 6.20 Å². The summed E-state index contributed by atoms with van der Waals surface area (Å²) in [5.41, 5.74) is 4.02. The molecule has 0 aliphatic rings. The van der Waals surface area contributed by atoms with E-state index in [9.17, 15) is 5.11 Å². The van der Waals surface area contributed by atoms with Crippen LogP contribution in [0.2, 0.25) is 0 Å². The van der Waals surface area contributed by atoms with Crippen LogP contribution >= 0.6 is 0 Å². The summed E-state index contributed by atoms with van der Waals surface area (Å²) in [5, 5.41) is 13.3. The minimum atomic E-state index is 0.383. The zero-order chi connectivity index (χ0) is 13.0. The smallest absolute Gasteiger partial charge is 0.122 e. The maximum atomic E-state index is 9.96. The summed E-state index contributed by atoms with van der Waals surface area (Å²) < 4.78 is 0. The molecule has 0 saturated carbocycles. The van der Waals surface area contributed by atoms with Crippen molar-refractivity contribution in [3.8, 4) is 5.75 Å². The van der Waals surface area contributed by atoms with Gasteiger partial charge in [0, 0.05) is 24.8 Å². The molecular formula is C15H18N2O. The van der Waals surface area contributed by atoms with E-state index in [-0.39, 0.29) is 0 Å². The van der Waals surface area contributed by atoms with Crippen LogP contribution in [0.15, 0.2) is 36.5 Å². The molecule has 0 aliphatic carbocycles. The van der Waals surface area contributed by atoms with Crippen molar-refractivity contribution in [2.75, 3.05) is 0 Å². The van der Waals surface area contributed by atoms with E-state index in [4.69, 9.17) is 0 Å². The Morgan fingerprint density at radius 1 is 1.17 bits per heavy atom. The number of pyridine rings is 1. The predicted molar refractivity (Wildman–Crippen MR) is 72.4 cm³/mol. The first-order valence-corrected chi connectivity index (χ1v) is 6.06. The van der Waals surface area contributed by atoms with Gasteiger partial charge in [-0.1, -0.05) is 23.8 Å². The van der Waals surface area contributed by atoms with Crippen molar-refractivity contribution in [1.82, 2.24) is 10.3 Å². The third-order valence-electron chi connectivity index (χ3n) is 2.87. The molecule has 2 rings (SSSR count). The molecule has 0 aliphatic heterocycles. The van der Waals surface area contributed by atoms with Gasteiger partial charge in [0.2, 0.25) is 0 Å². The molecule has 0 bridgehead atoms. The molecule has 0 unspecified atom stereocenters. The molecule has 18 heavy (non-hydrogen) atoms. The predicted octanol–water partition coefficient (Wildman–Crippen LogP) is 2.69. The van der Waals surface area contributed by atoms with Crippen LogP contribution in [0.3, 0.4) is 0 Å². The average Bonchev–Trinajstić information content (AvgIpc) is 2.36. The SMILES string of the molecule is Cc1cc(C)c(O)c(CNCc2ccccn2)c1. The van der Waals surface area contributed by atoms with E-state index in [0.29, 0.717) is 18.8 Å². The molecule has 1 heterocycles. The lowest BCUT2D eigenvalue weighted by atomic mass is 10.1. The zero-order valence-electron chi connectivity index (χ0n) is 10.8. The second-order valence-corrected chi connectivity index (χ2v) is 4.51. The molecule has 0 atom stereocenters. The normalized spacial score (nSPS) is 10.6. The van der Waals surface area contributed by atoms with Crippen molar-refractivity contribution >= 4 is 0 Å². The number of aromatic nitrogens is 1. The van der Waals surface area contributed by atoms with Crippen molar-refractivity contribution in [3.63, 3.8) is 0 Å². The summed E-state index contributed by atoms with van der Waals surface area (Å²) in [6.07, 6.45) is 1.78. The molecule has 0 amide bonds. The lowest BCUT2D eigenvalue weighted by Crippen LogP contribution is -2.14. The number of nitrogens with one attached hydrogen (secondary N) is 1. The maximum absolute atomic E-state index is 9.96. The fourth-order valence-corrected chi connectivity index (χ4v) is 2.01. The Balaban J connectivity index is 1.99. The van der Waals surface area contributed by atoms with Gasteiger partial charge < -0.3 is 10.4 Å². The lowest BCUT2D eigenvalue weighted by molar-refractivity contribution is 0.460. The van der Waals surface area contributed by atoms with Crippen molar-refractivity contribution in [3.05, 3.63) is 58.9 Å². The fourth-order valence-electron chi connectivity index (χ4n) is 2.01. The van der Waals surface area contributed by atoms with Gasteiger partial charge in [0.1, 0.15) is 5.75 Å². The molecule has 3 nitrogen and oxygen atoms in total. The second kappa shape index (κ2) is 5.65. The van der Waals surface area contributed by atoms with Gasteiger partial charge in [0.05, 0.1) is 5.69 Å². The number of aromatic hydroxyl groups is 1. The fraction of sp³-hybridized carbons (Fsp3) is 0.267. The summed E-state index contributed by atoms with van der Waals surface area (Å²) in [6, 6.07) is 9.84. The Bertz CT molecular complexity index is 524. The molecule has 94 valence electrons. The van der Waals surface area contributed by atoms with E-state index >= 15 is 0 Å². The van der Waals surface area contributed by atoms with E-state index in [2.05, 4.69) is 10.3 Å². The average molecular weight is 242 g/mol. The Kier molecular flexibility index (Phi) is 3.95. The van der Waals surface area contributed by atoms with Crippen LogP contribution in [0.4, 0.5) is 0 Å². The Hall–Kier alpha value is -1.87. The monoisotopic (exact) mass is 242 g/mol. The molecule has 1 aromatic carbocycles. The van der Waals surface area contributed by atoms with E-state index in [1.165, 1.54) is 5.56 Å². The Labute approximate surface area is 108 Å². The van der Waals surface area contributed by atoms with Gasteiger partial charge >= 0.3 is 0 Å². The topological polar surface area (TPSA) is 45.1 Å². The number of hydrogen-bond donors (Lipinski definition) is 2. The van der Waals surface area contributed by atoms with Crippen molar-refractivity contribution in [2.24, 2.45) is 0 Å². The van der Waals surface area contributed by atoms with Gasteiger partial charge in [-0.25, -0.2) is 0 Å².